The van der Waals surface area contributed by atoms with Crippen LogP contribution in [0.3, 0.4) is 0 Å². The zero-order chi connectivity index (χ0) is 44.7. The van der Waals surface area contributed by atoms with Crippen molar-refractivity contribution in [3.05, 3.63) is 24.7 Å². The number of methoxy groups -OCH3 is 1. The van der Waals surface area contributed by atoms with Gasteiger partial charge in [0.25, 0.3) is 5.67 Å². The summed E-state index contributed by atoms with van der Waals surface area (Å²) in [5.41, 5.74) is -5.17. The summed E-state index contributed by atoms with van der Waals surface area (Å²) in [5, 5.41) is 11.5. The number of carbonyl (C=O) groups excluding carboxylic acids is 4. The molecule has 2 aromatic heterocycles. The highest BCUT2D eigenvalue weighted by Gasteiger charge is 2.63. The molecule has 5 heterocycles. The van der Waals surface area contributed by atoms with E-state index in [1.807, 2.05) is 42.6 Å². The molecular weight excluding hydrogens is 778 g/mol. The summed E-state index contributed by atoms with van der Waals surface area (Å²) in [6, 6.07) is 2.43. The van der Waals surface area contributed by atoms with E-state index in [1.54, 1.807) is 52.0 Å². The molecule has 0 radical (unpaired) electrons. The molecule has 13 atom stereocenters. The summed E-state index contributed by atoms with van der Waals surface area (Å²) in [4.78, 5) is 69.9. The van der Waals surface area contributed by atoms with E-state index in [0.29, 0.717) is 19.3 Å². The molecule has 336 valence electrons. The van der Waals surface area contributed by atoms with Gasteiger partial charge in [0.05, 0.1) is 30.2 Å². The van der Waals surface area contributed by atoms with Crippen molar-refractivity contribution in [2.24, 2.45) is 17.8 Å². The van der Waals surface area contributed by atoms with Gasteiger partial charge >= 0.3 is 12.1 Å². The van der Waals surface area contributed by atoms with Crippen molar-refractivity contribution in [2.75, 3.05) is 27.7 Å². The fourth-order valence-corrected chi connectivity index (χ4v) is 10.1. The normalized spacial score (nSPS) is 37.6. The molecule has 1 unspecified atom stereocenters. The van der Waals surface area contributed by atoms with Crippen molar-refractivity contribution in [3.63, 3.8) is 0 Å². The molecule has 2 aromatic rings. The second kappa shape index (κ2) is 18.0. The van der Waals surface area contributed by atoms with Gasteiger partial charge in [-0.3, -0.25) is 9.59 Å². The number of rotatable bonds is 11. The highest BCUT2D eigenvalue weighted by Crippen LogP contribution is 2.45. The number of nitrogens with zero attached hydrogens (tertiary/aromatic N) is 5. The Balaban J connectivity index is 1.54. The Morgan fingerprint density at radius 2 is 1.75 bits per heavy atom. The number of halogens is 1. The number of ether oxygens (including phenoxy) is 5. The number of esters is 1. The number of aliphatic hydroxyl groups excluding tert-OH is 1. The van der Waals surface area contributed by atoms with Gasteiger partial charge in [-0.1, -0.05) is 34.6 Å². The SMILES string of the molecule is CC[C@H]1OC(=O)[C@@](C)(F)C(=O)[C@H](C)[C@@H](OC2O[C@H](C)C[C@H](N(C)C)[C@H]2O)[C@@](C)(OC)C[C@@H](C)C(=O)[C@H](C)[C@H]2N(CCCC(C)(C)n3cnc4cccnc43)C(=O)O[C@]12CC. The zero-order valence-electron chi connectivity index (χ0n) is 37.8. The molecule has 16 heteroatoms. The number of alkyl halides is 1. The Labute approximate surface area is 354 Å². The fourth-order valence-electron chi connectivity index (χ4n) is 10.1. The number of fused-ring (bicyclic) bond motifs is 2. The Hall–Kier alpha value is -3.57. The van der Waals surface area contributed by atoms with E-state index in [-0.39, 0.29) is 43.7 Å². The lowest BCUT2D eigenvalue weighted by atomic mass is 9.72. The maximum atomic E-state index is 17.0. The first-order valence-electron chi connectivity index (χ1n) is 21.5. The largest absolute Gasteiger partial charge is 0.455 e. The minimum Gasteiger partial charge on any atom is -0.455 e. The number of ketones is 2. The van der Waals surface area contributed by atoms with E-state index in [1.165, 1.54) is 14.0 Å². The predicted octanol–water partition coefficient (Wildman–Crippen LogP) is 5.63. The Morgan fingerprint density at radius 1 is 1.07 bits per heavy atom. The number of hydrogen-bond donors (Lipinski definition) is 1. The first-order valence-corrected chi connectivity index (χ1v) is 21.5. The minimum absolute atomic E-state index is 0.00315. The summed E-state index contributed by atoms with van der Waals surface area (Å²) in [5.74, 6) is -5.79. The molecule has 5 rings (SSSR count). The molecular formula is C44H68FN5O10. The van der Waals surface area contributed by atoms with Crippen LogP contribution in [0.2, 0.25) is 0 Å². The van der Waals surface area contributed by atoms with Crippen LogP contribution in [0.15, 0.2) is 24.7 Å². The second-order valence-corrected chi connectivity index (χ2v) is 18.6. The number of Topliss-reactive ketones (excluding diaryl/α,β-unsaturated/α-hetero) is 2. The highest BCUT2D eigenvalue weighted by atomic mass is 19.1. The molecule has 1 N–H and O–H groups in total. The Bertz CT molecular complexity index is 1870. The van der Waals surface area contributed by atoms with Gasteiger partial charge < -0.3 is 43.2 Å². The van der Waals surface area contributed by atoms with Gasteiger partial charge in [0.2, 0.25) is 0 Å². The van der Waals surface area contributed by atoms with E-state index in [9.17, 15) is 24.3 Å². The molecule has 60 heavy (non-hydrogen) atoms. The highest BCUT2D eigenvalue weighted by molar-refractivity contribution is 6.08. The number of likely N-dealkylation sites (N-methyl/N-ethyl adjacent to an activating group) is 1. The molecule has 3 aliphatic heterocycles. The number of amides is 1. The van der Waals surface area contributed by atoms with Gasteiger partial charge in [-0.25, -0.2) is 23.9 Å². The summed E-state index contributed by atoms with van der Waals surface area (Å²) < 4.78 is 50.0. The number of imidazole rings is 1. The van der Waals surface area contributed by atoms with Crippen LogP contribution in [0.4, 0.5) is 9.18 Å². The molecule has 0 spiro atoms. The molecule has 0 bridgehead atoms. The lowest BCUT2D eigenvalue weighted by Gasteiger charge is -2.47. The monoisotopic (exact) mass is 845 g/mol. The minimum atomic E-state index is -3.18. The number of carbonyl (C=O) groups is 4. The van der Waals surface area contributed by atoms with Gasteiger partial charge in [-0.15, -0.1) is 0 Å². The predicted molar refractivity (Wildman–Crippen MR) is 221 cm³/mol. The van der Waals surface area contributed by atoms with E-state index in [2.05, 4.69) is 23.8 Å². The third kappa shape index (κ3) is 8.73. The van der Waals surface area contributed by atoms with Gasteiger partial charge in [-0.2, -0.15) is 0 Å². The molecule has 3 aliphatic rings. The zero-order valence-corrected chi connectivity index (χ0v) is 37.8. The average molecular weight is 846 g/mol. The first-order chi connectivity index (χ1) is 28.0. The van der Waals surface area contributed by atoms with Crippen molar-refractivity contribution in [2.45, 2.75) is 173 Å². The smallest absolute Gasteiger partial charge is 0.410 e. The summed E-state index contributed by atoms with van der Waals surface area (Å²) >= 11 is 0. The second-order valence-electron chi connectivity index (χ2n) is 18.6. The maximum absolute atomic E-state index is 17.0. The van der Waals surface area contributed by atoms with Crippen LogP contribution in [0.5, 0.6) is 0 Å². The summed E-state index contributed by atoms with van der Waals surface area (Å²) in [7, 11) is 5.06. The van der Waals surface area contributed by atoms with Gasteiger partial charge in [-0.05, 0) is 99.4 Å². The lowest BCUT2D eigenvalue weighted by Crippen LogP contribution is -2.62. The van der Waals surface area contributed by atoms with Crippen molar-refractivity contribution in [1.29, 1.82) is 0 Å². The van der Waals surface area contributed by atoms with Gasteiger partial charge in [0.1, 0.15) is 23.5 Å². The third-order valence-electron chi connectivity index (χ3n) is 13.7. The van der Waals surface area contributed by atoms with E-state index in [0.717, 1.165) is 18.1 Å². The standard InChI is InChI=1S/C44H68FN5O10/c1-14-31-44(15-2)34(49(40(55)60-44)21-17-19-41(7,8)50-24-47-29-18-16-20-46-37(29)50)27(5)32(51)25(3)23-42(9,56-13)36(28(6)35(53)43(10,45)39(54)58-31)59-38-33(52)30(48(11)12)22-26(4)57-38/h16,18,20,24-28,30-31,33-34,36,38,52H,14-15,17,19,21-23H2,1-13H3/t25-,26-,27+,28+,30+,31-,33-,34-,36-,38?,42+,43+,44-/m1/s1. The van der Waals surface area contributed by atoms with Crippen LogP contribution in [0, 0.1) is 17.8 Å². The molecule has 0 aliphatic carbocycles. The van der Waals surface area contributed by atoms with Crippen molar-refractivity contribution in [3.8, 4) is 0 Å². The summed E-state index contributed by atoms with van der Waals surface area (Å²) in [6.07, 6.45) is -0.678. The van der Waals surface area contributed by atoms with Crippen LogP contribution < -0.4 is 0 Å². The Kier molecular flexibility index (Phi) is 14.3. The molecule has 1 amide bonds. The topological polar surface area (TPSA) is 172 Å². The molecule has 0 saturated carbocycles. The van der Waals surface area contributed by atoms with E-state index in [4.69, 9.17) is 23.7 Å². The molecule has 0 aromatic carbocycles. The van der Waals surface area contributed by atoms with Crippen LogP contribution in [0.25, 0.3) is 11.2 Å². The van der Waals surface area contributed by atoms with Crippen LogP contribution >= 0.6 is 0 Å². The molecule has 3 saturated heterocycles. The number of hydrogen-bond acceptors (Lipinski definition) is 13. The number of pyridine rings is 1. The number of aromatic nitrogens is 3. The number of cyclic esters (lactones) is 1. The molecule has 3 fully saturated rings. The van der Waals surface area contributed by atoms with Crippen molar-refractivity contribution in [1.82, 2.24) is 24.3 Å². The maximum Gasteiger partial charge on any atom is 0.410 e. The average Bonchev–Trinajstić information content (AvgIpc) is 3.77. The van der Waals surface area contributed by atoms with E-state index >= 15 is 4.39 Å². The van der Waals surface area contributed by atoms with Crippen LogP contribution in [-0.4, -0.2) is 140 Å². The molecule has 15 nitrogen and oxygen atoms in total. The Morgan fingerprint density at radius 3 is 2.37 bits per heavy atom. The van der Waals surface area contributed by atoms with Crippen LogP contribution in [-0.2, 0) is 43.6 Å². The van der Waals surface area contributed by atoms with Gasteiger partial charge in [0.15, 0.2) is 23.3 Å². The lowest BCUT2D eigenvalue weighted by molar-refractivity contribution is -0.295. The summed E-state index contributed by atoms with van der Waals surface area (Å²) in [6.45, 7) is 17.1. The van der Waals surface area contributed by atoms with E-state index < -0.39 is 88.7 Å². The number of aliphatic hydroxyl groups is 1. The van der Waals surface area contributed by atoms with Crippen LogP contribution in [0.1, 0.15) is 108 Å². The quantitative estimate of drug-likeness (QED) is 0.218. The van der Waals surface area contributed by atoms with Crippen molar-refractivity contribution >= 4 is 34.8 Å². The fraction of sp³-hybridized carbons (Fsp3) is 0.773. The third-order valence-corrected chi connectivity index (χ3v) is 13.7. The first kappa shape index (κ1) is 47.5. The van der Waals surface area contributed by atoms with Crippen molar-refractivity contribution < 1.29 is 52.4 Å². The van der Waals surface area contributed by atoms with Gasteiger partial charge in [0, 0.05) is 49.2 Å².